The van der Waals surface area contributed by atoms with Crippen molar-refractivity contribution in [3.8, 4) is 0 Å². The summed E-state index contributed by atoms with van der Waals surface area (Å²) in [5, 5.41) is 10.2. The Bertz CT molecular complexity index is 597. The van der Waals surface area contributed by atoms with E-state index < -0.39 is 0 Å². The Morgan fingerprint density at radius 3 is 2.71 bits per heavy atom. The molecule has 0 fully saturated rings. The van der Waals surface area contributed by atoms with Gasteiger partial charge < -0.3 is 15.4 Å². The SMILES string of the molecule is COC[C@H](NC(=O)Nc1cnn(C)c1)c1ccc(Cl)cc1. The van der Waals surface area contributed by atoms with Crippen LogP contribution in [-0.4, -0.2) is 29.5 Å². The monoisotopic (exact) mass is 308 g/mol. The fourth-order valence-electron chi connectivity index (χ4n) is 1.89. The second-order valence-corrected chi connectivity index (χ2v) is 5.00. The summed E-state index contributed by atoms with van der Waals surface area (Å²) < 4.78 is 6.76. The van der Waals surface area contributed by atoms with E-state index in [1.165, 1.54) is 0 Å². The van der Waals surface area contributed by atoms with Gasteiger partial charge in [0.2, 0.25) is 0 Å². The second-order valence-electron chi connectivity index (χ2n) is 4.56. The lowest BCUT2D eigenvalue weighted by Crippen LogP contribution is -2.34. The van der Waals surface area contributed by atoms with Gasteiger partial charge in [-0.3, -0.25) is 4.68 Å². The van der Waals surface area contributed by atoms with Crippen LogP contribution in [0.2, 0.25) is 5.02 Å². The van der Waals surface area contributed by atoms with Crippen molar-refractivity contribution in [2.75, 3.05) is 19.0 Å². The zero-order valence-electron chi connectivity index (χ0n) is 11.8. The smallest absolute Gasteiger partial charge is 0.319 e. The Kier molecular flexibility index (Phi) is 5.19. The first-order valence-corrected chi connectivity index (χ1v) is 6.77. The number of rotatable bonds is 5. The molecule has 6 nitrogen and oxygen atoms in total. The van der Waals surface area contributed by atoms with E-state index in [0.717, 1.165) is 5.56 Å². The van der Waals surface area contributed by atoms with Gasteiger partial charge in [0.1, 0.15) is 0 Å². The second kappa shape index (κ2) is 7.10. The van der Waals surface area contributed by atoms with Gasteiger partial charge in [-0.1, -0.05) is 23.7 Å². The molecule has 0 radical (unpaired) electrons. The molecule has 0 unspecified atom stereocenters. The molecule has 0 spiro atoms. The quantitative estimate of drug-likeness (QED) is 0.892. The molecular weight excluding hydrogens is 292 g/mol. The maximum atomic E-state index is 12.0. The number of aryl methyl sites for hydroxylation is 1. The summed E-state index contributed by atoms with van der Waals surface area (Å²) in [6.07, 6.45) is 3.29. The van der Waals surface area contributed by atoms with Gasteiger partial charge in [-0.25, -0.2) is 4.79 Å². The lowest BCUT2D eigenvalue weighted by Gasteiger charge is -2.18. The maximum absolute atomic E-state index is 12.0. The van der Waals surface area contributed by atoms with Gasteiger partial charge in [-0.2, -0.15) is 5.10 Å². The highest BCUT2D eigenvalue weighted by Gasteiger charge is 2.15. The summed E-state index contributed by atoms with van der Waals surface area (Å²) in [5.74, 6) is 0. The molecular formula is C14H17ClN4O2. The third kappa shape index (κ3) is 4.47. The fourth-order valence-corrected chi connectivity index (χ4v) is 2.02. The Morgan fingerprint density at radius 1 is 1.43 bits per heavy atom. The van der Waals surface area contributed by atoms with Crippen LogP contribution in [0, 0.1) is 0 Å². The van der Waals surface area contributed by atoms with Crippen LogP contribution in [0.4, 0.5) is 10.5 Å². The van der Waals surface area contributed by atoms with E-state index in [1.807, 2.05) is 12.1 Å². The van der Waals surface area contributed by atoms with Crippen LogP contribution < -0.4 is 10.6 Å². The fraction of sp³-hybridized carbons (Fsp3) is 0.286. The maximum Gasteiger partial charge on any atom is 0.319 e. The van der Waals surface area contributed by atoms with E-state index >= 15 is 0 Å². The Morgan fingerprint density at radius 2 is 2.14 bits per heavy atom. The van der Waals surface area contributed by atoms with E-state index in [-0.39, 0.29) is 12.1 Å². The first-order valence-electron chi connectivity index (χ1n) is 6.39. The van der Waals surface area contributed by atoms with E-state index in [2.05, 4.69) is 15.7 Å². The molecule has 0 aliphatic heterocycles. The molecule has 0 saturated carbocycles. The van der Waals surface area contributed by atoms with Gasteiger partial charge in [0.05, 0.1) is 24.5 Å². The van der Waals surface area contributed by atoms with Gasteiger partial charge in [-0.15, -0.1) is 0 Å². The lowest BCUT2D eigenvalue weighted by atomic mass is 10.1. The van der Waals surface area contributed by atoms with Crippen LogP contribution in [0.5, 0.6) is 0 Å². The number of hydrogen-bond donors (Lipinski definition) is 2. The van der Waals surface area contributed by atoms with Crippen LogP contribution in [0.1, 0.15) is 11.6 Å². The molecule has 7 heteroatoms. The summed E-state index contributed by atoms with van der Waals surface area (Å²) in [5.41, 5.74) is 1.55. The minimum Gasteiger partial charge on any atom is -0.382 e. The number of halogens is 1. The Labute approximate surface area is 128 Å². The molecule has 0 saturated heterocycles. The van der Waals surface area contributed by atoms with Crippen LogP contribution in [0.15, 0.2) is 36.7 Å². The third-order valence-electron chi connectivity index (χ3n) is 2.87. The van der Waals surface area contributed by atoms with Crippen LogP contribution >= 0.6 is 11.6 Å². The molecule has 1 aromatic carbocycles. The van der Waals surface area contributed by atoms with Gasteiger partial charge in [0.25, 0.3) is 0 Å². The Hall–Kier alpha value is -2.05. The standard InChI is InChI=1S/C14H17ClN4O2/c1-19-8-12(7-16-19)17-14(20)18-13(9-21-2)10-3-5-11(15)6-4-10/h3-8,13H,9H2,1-2H3,(H2,17,18,20)/t13-/m0/s1. The molecule has 1 aromatic heterocycles. The number of carbonyl (C=O) groups excluding carboxylic acids is 1. The first kappa shape index (κ1) is 15.3. The number of nitrogens with zero attached hydrogens (tertiary/aromatic N) is 2. The average molecular weight is 309 g/mol. The molecule has 0 aliphatic rings. The van der Waals surface area contributed by atoms with Gasteiger partial charge in [-0.05, 0) is 17.7 Å². The molecule has 21 heavy (non-hydrogen) atoms. The van der Waals surface area contributed by atoms with Crippen molar-refractivity contribution in [2.24, 2.45) is 7.05 Å². The summed E-state index contributed by atoms with van der Waals surface area (Å²) in [6.45, 7) is 0.363. The largest absolute Gasteiger partial charge is 0.382 e. The molecule has 2 aromatic rings. The van der Waals surface area contributed by atoms with Crippen molar-refractivity contribution in [3.05, 3.63) is 47.2 Å². The molecule has 1 atom stereocenters. The summed E-state index contributed by atoms with van der Waals surface area (Å²) in [4.78, 5) is 12.0. The first-order chi connectivity index (χ1) is 10.1. The minimum atomic E-state index is -0.319. The molecule has 2 N–H and O–H groups in total. The third-order valence-corrected chi connectivity index (χ3v) is 3.13. The van der Waals surface area contributed by atoms with E-state index in [1.54, 1.807) is 43.4 Å². The number of benzene rings is 1. The molecule has 2 amide bonds. The number of aromatic nitrogens is 2. The highest BCUT2D eigenvalue weighted by molar-refractivity contribution is 6.30. The number of ether oxygens (including phenoxy) is 1. The Balaban J connectivity index is 2.01. The zero-order chi connectivity index (χ0) is 15.2. The molecule has 1 heterocycles. The highest BCUT2D eigenvalue weighted by atomic mass is 35.5. The number of hydrogen-bond acceptors (Lipinski definition) is 3. The van der Waals surface area contributed by atoms with Gasteiger partial charge >= 0.3 is 6.03 Å². The van der Waals surface area contributed by atoms with Gasteiger partial charge in [0, 0.05) is 25.4 Å². The molecule has 112 valence electrons. The molecule has 0 aliphatic carbocycles. The topological polar surface area (TPSA) is 68.2 Å². The van der Waals surface area contributed by atoms with Crippen LogP contribution in [-0.2, 0) is 11.8 Å². The molecule has 2 rings (SSSR count). The summed E-state index contributed by atoms with van der Waals surface area (Å²) >= 11 is 5.87. The van der Waals surface area contributed by atoms with Crippen molar-refractivity contribution in [1.82, 2.24) is 15.1 Å². The van der Waals surface area contributed by atoms with Crippen molar-refractivity contribution >= 4 is 23.3 Å². The summed E-state index contributed by atoms with van der Waals surface area (Å²) in [6, 6.07) is 6.69. The van der Waals surface area contributed by atoms with E-state index in [4.69, 9.17) is 16.3 Å². The average Bonchev–Trinajstić information content (AvgIpc) is 2.84. The predicted molar refractivity (Wildman–Crippen MR) is 81.4 cm³/mol. The molecule has 0 bridgehead atoms. The lowest BCUT2D eigenvalue weighted by molar-refractivity contribution is 0.168. The number of urea groups is 1. The van der Waals surface area contributed by atoms with E-state index in [9.17, 15) is 4.79 Å². The van der Waals surface area contributed by atoms with Crippen LogP contribution in [0.3, 0.4) is 0 Å². The highest BCUT2D eigenvalue weighted by Crippen LogP contribution is 2.17. The van der Waals surface area contributed by atoms with Crippen LogP contribution in [0.25, 0.3) is 0 Å². The van der Waals surface area contributed by atoms with Crippen molar-refractivity contribution in [2.45, 2.75) is 6.04 Å². The number of nitrogens with one attached hydrogen (secondary N) is 2. The number of anilines is 1. The normalized spacial score (nSPS) is 12.0. The van der Waals surface area contributed by atoms with Crippen molar-refractivity contribution < 1.29 is 9.53 Å². The summed E-state index contributed by atoms with van der Waals surface area (Å²) in [7, 11) is 3.37. The van der Waals surface area contributed by atoms with Crippen molar-refractivity contribution in [1.29, 1.82) is 0 Å². The predicted octanol–water partition coefficient (Wildman–Crippen LogP) is 2.58. The number of amides is 2. The zero-order valence-corrected chi connectivity index (χ0v) is 12.6. The van der Waals surface area contributed by atoms with Gasteiger partial charge in [0.15, 0.2) is 0 Å². The van der Waals surface area contributed by atoms with E-state index in [0.29, 0.717) is 17.3 Å². The minimum absolute atomic E-state index is 0.260. The van der Waals surface area contributed by atoms with Crippen molar-refractivity contribution in [3.63, 3.8) is 0 Å². The number of methoxy groups -OCH3 is 1. The number of carbonyl (C=O) groups is 1.